The van der Waals surface area contributed by atoms with Crippen LogP contribution < -0.4 is 5.32 Å². The van der Waals surface area contributed by atoms with Crippen LogP contribution in [-0.2, 0) is 10.5 Å². The van der Waals surface area contributed by atoms with Crippen LogP contribution in [-0.4, -0.2) is 28.1 Å². The van der Waals surface area contributed by atoms with Gasteiger partial charge in [-0.05, 0) is 29.5 Å². The van der Waals surface area contributed by atoms with Crippen molar-refractivity contribution in [3.05, 3.63) is 76.6 Å². The largest absolute Gasteiger partial charge is 0.415 e. The van der Waals surface area contributed by atoms with Gasteiger partial charge in [-0.25, -0.2) is 0 Å². The molecule has 140 valence electrons. The van der Waals surface area contributed by atoms with Gasteiger partial charge in [-0.3, -0.25) is 4.79 Å². The van der Waals surface area contributed by atoms with E-state index >= 15 is 0 Å². The Bertz CT molecular complexity index is 872. The average Bonchev–Trinajstić information content (AvgIpc) is 3.14. The van der Waals surface area contributed by atoms with Gasteiger partial charge in [0, 0.05) is 5.02 Å². The first-order valence-electron chi connectivity index (χ1n) is 8.19. The molecular formula is C19H18ClN3O2S2. The Balaban J connectivity index is 1.67. The Labute approximate surface area is 171 Å². The van der Waals surface area contributed by atoms with Gasteiger partial charge < -0.3 is 9.73 Å². The Morgan fingerprint density at radius 1 is 1.11 bits per heavy atom. The molecule has 0 fully saturated rings. The maximum atomic E-state index is 12.5. The van der Waals surface area contributed by atoms with E-state index in [1.54, 1.807) is 11.8 Å². The van der Waals surface area contributed by atoms with E-state index in [0.717, 1.165) is 11.1 Å². The van der Waals surface area contributed by atoms with E-state index in [1.807, 2.05) is 60.9 Å². The smallest absolute Gasteiger partial charge is 0.277 e. The summed E-state index contributed by atoms with van der Waals surface area (Å²) in [6.45, 7) is 0. The first kappa shape index (κ1) is 19.8. The van der Waals surface area contributed by atoms with Crippen molar-refractivity contribution in [2.45, 2.75) is 17.0 Å². The van der Waals surface area contributed by atoms with E-state index in [2.05, 4.69) is 15.5 Å². The van der Waals surface area contributed by atoms with E-state index < -0.39 is 0 Å². The number of benzene rings is 2. The third-order valence-corrected chi connectivity index (χ3v) is 5.29. The summed E-state index contributed by atoms with van der Waals surface area (Å²) in [5.41, 5.74) is 1.96. The van der Waals surface area contributed by atoms with E-state index in [4.69, 9.17) is 16.0 Å². The highest BCUT2D eigenvalue weighted by atomic mass is 35.5. The van der Waals surface area contributed by atoms with Crippen molar-refractivity contribution in [1.82, 2.24) is 15.5 Å². The predicted molar refractivity (Wildman–Crippen MR) is 110 cm³/mol. The molecule has 3 rings (SSSR count). The van der Waals surface area contributed by atoms with Crippen molar-refractivity contribution < 1.29 is 9.21 Å². The van der Waals surface area contributed by atoms with Crippen LogP contribution in [0, 0.1) is 0 Å². The van der Waals surface area contributed by atoms with Gasteiger partial charge >= 0.3 is 0 Å². The first-order chi connectivity index (χ1) is 13.2. The molecule has 27 heavy (non-hydrogen) atoms. The number of hydrogen-bond donors (Lipinski definition) is 1. The SMILES string of the molecule is CSCc1nnc(SCC(=O)N[C@@H](c2ccccc2)c2ccc(Cl)cc2)o1. The summed E-state index contributed by atoms with van der Waals surface area (Å²) in [4.78, 5) is 12.5. The fraction of sp³-hybridized carbons (Fsp3) is 0.211. The second-order valence-corrected chi connectivity index (χ2v) is 7.88. The Hall–Kier alpha value is -1.96. The molecule has 0 bridgehead atoms. The molecule has 0 saturated heterocycles. The Morgan fingerprint density at radius 2 is 1.81 bits per heavy atom. The molecule has 1 N–H and O–H groups in total. The molecule has 0 saturated carbocycles. The van der Waals surface area contributed by atoms with Crippen LogP contribution in [0.2, 0.25) is 5.02 Å². The minimum absolute atomic E-state index is 0.117. The molecule has 3 aromatic rings. The average molecular weight is 420 g/mol. The predicted octanol–water partition coefficient (Wildman–Crippen LogP) is 4.58. The van der Waals surface area contributed by atoms with Crippen LogP contribution in [0.1, 0.15) is 23.1 Å². The van der Waals surface area contributed by atoms with Gasteiger partial charge in [-0.2, -0.15) is 11.8 Å². The Morgan fingerprint density at radius 3 is 2.52 bits per heavy atom. The highest BCUT2D eigenvalue weighted by Gasteiger charge is 2.18. The summed E-state index contributed by atoms with van der Waals surface area (Å²) in [6.07, 6.45) is 1.96. The number of hydrogen-bond acceptors (Lipinski definition) is 6. The number of aromatic nitrogens is 2. The summed E-state index contributed by atoms with van der Waals surface area (Å²) in [7, 11) is 0. The van der Waals surface area contributed by atoms with Crippen LogP contribution in [0.25, 0.3) is 0 Å². The van der Waals surface area contributed by atoms with Gasteiger partial charge in [0.1, 0.15) is 0 Å². The van der Waals surface area contributed by atoms with Crippen LogP contribution >= 0.6 is 35.1 Å². The molecule has 1 heterocycles. The molecule has 0 aliphatic carbocycles. The third kappa shape index (κ3) is 5.76. The molecule has 1 atom stereocenters. The Kier molecular flexibility index (Phi) is 7.20. The lowest BCUT2D eigenvalue weighted by atomic mass is 9.99. The molecule has 1 amide bonds. The van der Waals surface area contributed by atoms with Crippen molar-refractivity contribution >= 4 is 41.0 Å². The normalized spacial score (nSPS) is 11.9. The van der Waals surface area contributed by atoms with Crippen LogP contribution in [0.4, 0.5) is 0 Å². The fourth-order valence-corrected chi connectivity index (χ4v) is 3.55. The van der Waals surface area contributed by atoms with E-state index in [1.165, 1.54) is 11.8 Å². The first-order valence-corrected chi connectivity index (χ1v) is 11.0. The summed E-state index contributed by atoms with van der Waals surface area (Å²) in [5.74, 6) is 1.30. The summed E-state index contributed by atoms with van der Waals surface area (Å²) in [6, 6.07) is 17.0. The molecule has 5 nitrogen and oxygen atoms in total. The number of rotatable bonds is 8. The maximum absolute atomic E-state index is 12.5. The van der Waals surface area contributed by atoms with Gasteiger partial charge in [0.05, 0.1) is 17.5 Å². The number of carbonyl (C=O) groups excluding carboxylic acids is 1. The number of amides is 1. The molecule has 2 aromatic carbocycles. The minimum Gasteiger partial charge on any atom is -0.415 e. The van der Waals surface area contributed by atoms with Crippen molar-refractivity contribution in [2.24, 2.45) is 0 Å². The van der Waals surface area contributed by atoms with Crippen molar-refractivity contribution in [3.8, 4) is 0 Å². The molecule has 0 aliphatic heterocycles. The fourth-order valence-electron chi connectivity index (χ4n) is 2.47. The van der Waals surface area contributed by atoms with Crippen molar-refractivity contribution in [3.63, 3.8) is 0 Å². The number of halogens is 1. The van der Waals surface area contributed by atoms with Gasteiger partial charge in [0.25, 0.3) is 5.22 Å². The zero-order valence-corrected chi connectivity index (χ0v) is 17.0. The second kappa shape index (κ2) is 9.82. The zero-order chi connectivity index (χ0) is 19.1. The molecule has 0 radical (unpaired) electrons. The summed E-state index contributed by atoms with van der Waals surface area (Å²) < 4.78 is 5.49. The van der Waals surface area contributed by atoms with Gasteiger partial charge in [0.15, 0.2) is 0 Å². The van der Waals surface area contributed by atoms with Crippen molar-refractivity contribution in [1.29, 1.82) is 0 Å². The molecular weight excluding hydrogens is 402 g/mol. The number of nitrogens with zero attached hydrogens (tertiary/aromatic N) is 2. The zero-order valence-electron chi connectivity index (χ0n) is 14.6. The van der Waals surface area contributed by atoms with E-state index in [0.29, 0.717) is 21.9 Å². The number of carbonyl (C=O) groups is 1. The molecule has 0 spiro atoms. The molecule has 0 aliphatic rings. The topological polar surface area (TPSA) is 68.0 Å². The number of nitrogens with one attached hydrogen (secondary N) is 1. The summed E-state index contributed by atoms with van der Waals surface area (Å²) in [5, 5.41) is 12.0. The van der Waals surface area contributed by atoms with Crippen LogP contribution in [0.15, 0.2) is 64.2 Å². The second-order valence-electron chi connectivity index (χ2n) is 5.65. The highest BCUT2D eigenvalue weighted by molar-refractivity contribution is 7.99. The monoisotopic (exact) mass is 419 g/mol. The molecule has 8 heteroatoms. The minimum atomic E-state index is -0.258. The van der Waals surface area contributed by atoms with Crippen molar-refractivity contribution in [2.75, 3.05) is 12.0 Å². The third-order valence-electron chi connectivity index (χ3n) is 3.68. The van der Waals surface area contributed by atoms with Crippen LogP contribution in [0.5, 0.6) is 0 Å². The van der Waals surface area contributed by atoms with Gasteiger partial charge in [-0.15, -0.1) is 10.2 Å². The maximum Gasteiger partial charge on any atom is 0.277 e. The molecule has 0 unspecified atom stereocenters. The van der Waals surface area contributed by atoms with Crippen LogP contribution in [0.3, 0.4) is 0 Å². The summed E-state index contributed by atoms with van der Waals surface area (Å²) >= 11 is 8.82. The molecule has 1 aromatic heterocycles. The lowest BCUT2D eigenvalue weighted by Crippen LogP contribution is -2.30. The standard InChI is InChI=1S/C19H18ClN3O2S2/c1-26-12-17-22-23-19(25-17)27-11-16(24)21-18(13-5-3-2-4-6-13)14-7-9-15(20)10-8-14/h2-10,18H,11-12H2,1H3,(H,21,24)/t18-/m0/s1. The van der Waals surface area contributed by atoms with E-state index in [9.17, 15) is 4.79 Å². The van der Waals surface area contributed by atoms with Gasteiger partial charge in [0.2, 0.25) is 11.8 Å². The van der Waals surface area contributed by atoms with Gasteiger partial charge in [-0.1, -0.05) is 65.8 Å². The quantitative estimate of drug-likeness (QED) is 0.539. The van der Waals surface area contributed by atoms with E-state index in [-0.39, 0.29) is 17.7 Å². The lowest BCUT2D eigenvalue weighted by Gasteiger charge is -2.19. The highest BCUT2D eigenvalue weighted by Crippen LogP contribution is 2.24. The number of thioether (sulfide) groups is 2. The lowest BCUT2D eigenvalue weighted by molar-refractivity contribution is -0.119.